The van der Waals surface area contributed by atoms with Gasteiger partial charge in [-0.1, -0.05) is 11.6 Å². The molecule has 0 aliphatic heterocycles. The van der Waals surface area contributed by atoms with Crippen LogP contribution in [0.15, 0.2) is 18.2 Å². The van der Waals surface area contributed by atoms with E-state index in [-0.39, 0.29) is 17.7 Å². The van der Waals surface area contributed by atoms with Crippen molar-refractivity contribution >= 4 is 5.69 Å². The van der Waals surface area contributed by atoms with Gasteiger partial charge in [0.05, 0.1) is 29.1 Å². The monoisotopic (exact) mass is 206 g/mol. The minimum absolute atomic E-state index is 0.149. The number of nitrogens with zero attached hydrogens (tertiary/aromatic N) is 2. The molecule has 1 unspecified atom stereocenters. The second kappa shape index (κ2) is 4.53. The number of nitro groups is 1. The van der Waals surface area contributed by atoms with Gasteiger partial charge >= 0.3 is 0 Å². The Morgan fingerprint density at radius 1 is 1.67 bits per heavy atom. The van der Waals surface area contributed by atoms with Gasteiger partial charge in [-0.3, -0.25) is 10.1 Å². The van der Waals surface area contributed by atoms with E-state index in [4.69, 9.17) is 5.26 Å². The number of aliphatic hydroxyl groups is 1. The SMILES string of the molecule is Cc1ccc([N+](=O)[O-])c(C(O)CC#N)c1. The lowest BCUT2D eigenvalue weighted by Crippen LogP contribution is -2.02. The molecule has 0 aromatic heterocycles. The van der Waals surface area contributed by atoms with Crippen LogP contribution < -0.4 is 0 Å². The summed E-state index contributed by atoms with van der Waals surface area (Å²) in [6, 6.07) is 6.24. The average molecular weight is 206 g/mol. The highest BCUT2D eigenvalue weighted by molar-refractivity contribution is 5.44. The van der Waals surface area contributed by atoms with Crippen molar-refractivity contribution in [3.05, 3.63) is 39.4 Å². The molecular weight excluding hydrogens is 196 g/mol. The molecule has 1 aromatic rings. The summed E-state index contributed by atoms with van der Waals surface area (Å²) in [6.45, 7) is 1.77. The summed E-state index contributed by atoms with van der Waals surface area (Å²) in [5.41, 5.74) is 0.859. The van der Waals surface area contributed by atoms with E-state index in [1.54, 1.807) is 19.1 Å². The topological polar surface area (TPSA) is 87.2 Å². The highest BCUT2D eigenvalue weighted by Crippen LogP contribution is 2.27. The summed E-state index contributed by atoms with van der Waals surface area (Å²) < 4.78 is 0. The van der Waals surface area contributed by atoms with E-state index in [1.807, 2.05) is 0 Å². The quantitative estimate of drug-likeness (QED) is 0.603. The number of nitriles is 1. The molecule has 0 heterocycles. The maximum absolute atomic E-state index is 10.7. The molecule has 0 saturated carbocycles. The lowest BCUT2D eigenvalue weighted by molar-refractivity contribution is -0.386. The van der Waals surface area contributed by atoms with Crippen molar-refractivity contribution in [3.8, 4) is 6.07 Å². The third-order valence-corrected chi connectivity index (χ3v) is 2.02. The van der Waals surface area contributed by atoms with Crippen molar-refractivity contribution in [2.24, 2.45) is 0 Å². The van der Waals surface area contributed by atoms with Gasteiger partial charge in [-0.25, -0.2) is 0 Å². The summed E-state index contributed by atoms with van der Waals surface area (Å²) in [7, 11) is 0. The van der Waals surface area contributed by atoms with E-state index in [1.165, 1.54) is 12.1 Å². The van der Waals surface area contributed by atoms with Crippen LogP contribution in [-0.4, -0.2) is 10.0 Å². The van der Waals surface area contributed by atoms with Gasteiger partial charge in [-0.15, -0.1) is 0 Å². The van der Waals surface area contributed by atoms with Crippen LogP contribution in [-0.2, 0) is 0 Å². The molecule has 78 valence electrons. The standard InChI is InChI=1S/C10H10N2O3/c1-7-2-3-9(12(14)15)8(6-7)10(13)4-5-11/h2-3,6,10,13H,4H2,1H3. The largest absolute Gasteiger partial charge is 0.387 e. The summed E-state index contributed by atoms with van der Waals surface area (Å²) in [6.07, 6.45) is -1.25. The second-order valence-electron chi connectivity index (χ2n) is 3.20. The van der Waals surface area contributed by atoms with E-state index < -0.39 is 11.0 Å². The molecule has 1 N–H and O–H groups in total. The smallest absolute Gasteiger partial charge is 0.275 e. The fourth-order valence-corrected chi connectivity index (χ4v) is 1.30. The maximum Gasteiger partial charge on any atom is 0.275 e. The molecule has 0 amide bonds. The van der Waals surface area contributed by atoms with Crippen LogP contribution in [0, 0.1) is 28.4 Å². The zero-order valence-corrected chi connectivity index (χ0v) is 8.17. The minimum atomic E-state index is -1.10. The second-order valence-corrected chi connectivity index (χ2v) is 3.20. The molecule has 0 aliphatic carbocycles. The molecule has 15 heavy (non-hydrogen) atoms. The molecule has 0 saturated heterocycles. The van der Waals surface area contributed by atoms with Crippen LogP contribution >= 0.6 is 0 Å². The van der Waals surface area contributed by atoms with Crippen molar-refractivity contribution in [3.63, 3.8) is 0 Å². The Labute approximate surface area is 86.7 Å². The highest BCUT2D eigenvalue weighted by Gasteiger charge is 2.19. The first kappa shape index (κ1) is 11.1. The van der Waals surface area contributed by atoms with Crippen molar-refractivity contribution < 1.29 is 10.0 Å². The first-order chi connectivity index (χ1) is 7.06. The fraction of sp³-hybridized carbons (Fsp3) is 0.300. The number of aryl methyl sites for hydroxylation is 1. The predicted octanol–water partition coefficient (Wildman–Crippen LogP) is 1.85. The van der Waals surface area contributed by atoms with Gasteiger partial charge in [0.25, 0.3) is 5.69 Å². The Kier molecular flexibility index (Phi) is 3.37. The van der Waals surface area contributed by atoms with Crippen LogP contribution in [0.5, 0.6) is 0 Å². The first-order valence-corrected chi connectivity index (χ1v) is 4.36. The van der Waals surface area contributed by atoms with Gasteiger partial charge in [-0.2, -0.15) is 5.26 Å². The van der Waals surface area contributed by atoms with E-state index in [0.29, 0.717) is 0 Å². The summed E-state index contributed by atoms with van der Waals surface area (Å²) in [4.78, 5) is 10.1. The fourth-order valence-electron chi connectivity index (χ4n) is 1.30. The number of rotatable bonds is 3. The van der Waals surface area contributed by atoms with E-state index in [9.17, 15) is 15.2 Å². The average Bonchev–Trinajstić information content (AvgIpc) is 2.17. The maximum atomic E-state index is 10.7. The minimum Gasteiger partial charge on any atom is -0.387 e. The summed E-state index contributed by atoms with van der Waals surface area (Å²) in [5, 5.41) is 28.6. The molecule has 0 radical (unpaired) electrons. The van der Waals surface area contributed by atoms with Crippen molar-refractivity contribution in [2.75, 3.05) is 0 Å². The van der Waals surface area contributed by atoms with Crippen molar-refractivity contribution in [2.45, 2.75) is 19.4 Å². The Balaban J connectivity index is 3.19. The lowest BCUT2D eigenvalue weighted by Gasteiger charge is -2.08. The Morgan fingerprint density at radius 3 is 2.87 bits per heavy atom. The summed E-state index contributed by atoms with van der Waals surface area (Å²) in [5.74, 6) is 0. The Morgan fingerprint density at radius 2 is 2.33 bits per heavy atom. The molecule has 5 heteroatoms. The first-order valence-electron chi connectivity index (χ1n) is 4.36. The molecular formula is C10H10N2O3. The summed E-state index contributed by atoms with van der Waals surface area (Å²) >= 11 is 0. The molecule has 0 spiro atoms. The van der Waals surface area contributed by atoms with E-state index >= 15 is 0 Å². The number of aliphatic hydroxyl groups excluding tert-OH is 1. The zero-order valence-electron chi connectivity index (χ0n) is 8.17. The van der Waals surface area contributed by atoms with Crippen molar-refractivity contribution in [1.82, 2.24) is 0 Å². The van der Waals surface area contributed by atoms with Crippen LogP contribution in [0.1, 0.15) is 23.7 Å². The normalized spacial score (nSPS) is 11.8. The van der Waals surface area contributed by atoms with Gasteiger partial charge in [0.15, 0.2) is 0 Å². The zero-order chi connectivity index (χ0) is 11.4. The number of hydrogen-bond acceptors (Lipinski definition) is 4. The highest BCUT2D eigenvalue weighted by atomic mass is 16.6. The van der Waals surface area contributed by atoms with Gasteiger partial charge in [0.2, 0.25) is 0 Å². The van der Waals surface area contributed by atoms with E-state index in [0.717, 1.165) is 5.56 Å². The van der Waals surface area contributed by atoms with Crippen LogP contribution in [0.2, 0.25) is 0 Å². The van der Waals surface area contributed by atoms with Crippen LogP contribution in [0.4, 0.5) is 5.69 Å². The number of nitro benzene ring substituents is 1. The number of hydrogen-bond donors (Lipinski definition) is 1. The Bertz CT molecular complexity index is 423. The van der Waals surface area contributed by atoms with Crippen LogP contribution in [0.3, 0.4) is 0 Å². The predicted molar refractivity (Wildman–Crippen MR) is 53.0 cm³/mol. The van der Waals surface area contributed by atoms with E-state index in [2.05, 4.69) is 0 Å². The molecule has 1 rings (SSSR count). The van der Waals surface area contributed by atoms with Gasteiger partial charge < -0.3 is 5.11 Å². The number of benzene rings is 1. The molecule has 5 nitrogen and oxygen atoms in total. The third-order valence-electron chi connectivity index (χ3n) is 2.02. The molecule has 0 aliphatic rings. The van der Waals surface area contributed by atoms with Gasteiger partial charge in [0, 0.05) is 6.07 Å². The molecule has 1 atom stereocenters. The molecule has 0 bridgehead atoms. The molecule has 1 aromatic carbocycles. The third kappa shape index (κ3) is 2.51. The Hall–Kier alpha value is -1.93. The van der Waals surface area contributed by atoms with Gasteiger partial charge in [0.1, 0.15) is 0 Å². The van der Waals surface area contributed by atoms with Crippen LogP contribution in [0.25, 0.3) is 0 Å². The van der Waals surface area contributed by atoms with Crippen molar-refractivity contribution in [1.29, 1.82) is 5.26 Å². The lowest BCUT2D eigenvalue weighted by atomic mass is 10.0. The van der Waals surface area contributed by atoms with Gasteiger partial charge in [-0.05, 0) is 13.0 Å². The molecule has 0 fully saturated rings.